The molecule has 8 aliphatic rings. The average Bonchev–Trinajstić information content (AvgIpc) is 1.54. The van der Waals surface area contributed by atoms with Gasteiger partial charge < -0.3 is 73.7 Å². The van der Waals surface area contributed by atoms with Gasteiger partial charge in [0.1, 0.15) is 42.4 Å². The molecule has 99 heavy (non-hydrogen) atoms. The van der Waals surface area contributed by atoms with Gasteiger partial charge >= 0.3 is 12.2 Å². The van der Waals surface area contributed by atoms with Gasteiger partial charge in [-0.2, -0.15) is 0 Å². The number of nitrogens with zero attached hydrogens (tertiary/aromatic N) is 6. The first-order valence-corrected chi connectivity index (χ1v) is 37.6. The molecule has 11 rings (SSSR count). The van der Waals surface area contributed by atoms with E-state index in [0.717, 1.165) is 114 Å². The number of alkyl carbamates (subject to hydrolysis) is 2. The van der Waals surface area contributed by atoms with Crippen molar-refractivity contribution in [2.24, 2.45) is 0 Å². The van der Waals surface area contributed by atoms with Crippen LogP contribution >= 0.6 is 34.8 Å². The number of hydrogen-bond donors (Lipinski definition) is 4. The fraction of sp³-hybridized carbons (Fsp3) is 0.689. The molecule has 0 saturated carbocycles. The standard InChI is InChI=1S/C25H38ClN3O4.C25H36ClN3O3.C21H31ClN3O3S.3CH4.2ClH/c1-24(2,3)33-23(32)27-21(17-19-7-9-20(26)10-8-19)22(31)28-15-11-25(18-30,12-16-28)29-13-5-4-6-14-29;1-24(2,3)32-23(31)27-21(17-19-7-9-20(26)10-8-19)22(30)28-13-11-25(12-14-28)18-29(25)15-5-4-6-16-29;1-29(27,28)23-19(15-17-5-7-18(22)8-6-17)20(26)24-11-9-21(10-12-24)16-25(21)13-3-2-4-14-25;;;;;/h7-10,21,30H,4-6,11-18H2,1-3H3,(H,27,32);7-10,21H,4-6,11-18H2,1-3H3;5-8,19,23H,2-4,9-16H2,1H3;3*1H4;2*1H/q;;+1;;;;;/p-1/t2*21-;19-;;;;;/m111...../s1. The quantitative estimate of drug-likeness (QED) is 0.105. The molecule has 3 aromatic carbocycles. The summed E-state index contributed by atoms with van der Waals surface area (Å²) in [5.74, 6) is -0.265. The molecule has 4 spiro atoms. The summed E-state index contributed by atoms with van der Waals surface area (Å²) in [5.41, 5.74) is 2.01. The minimum absolute atomic E-state index is 0. The zero-order valence-corrected chi connectivity index (χ0v) is 62.2. The van der Waals surface area contributed by atoms with E-state index in [2.05, 4.69) is 20.3 Å². The Balaban J connectivity index is 0.000000308. The second kappa shape index (κ2) is 37.0. The van der Waals surface area contributed by atoms with Crippen molar-refractivity contribution in [2.45, 2.75) is 225 Å². The van der Waals surface area contributed by atoms with Crippen molar-refractivity contribution in [3.8, 4) is 0 Å². The van der Waals surface area contributed by atoms with Crippen LogP contribution in [0.4, 0.5) is 9.59 Å². The Labute approximate surface area is 620 Å². The van der Waals surface area contributed by atoms with Crippen LogP contribution in [0.1, 0.15) is 177 Å². The number of quaternary nitrogens is 2. The van der Waals surface area contributed by atoms with E-state index in [4.69, 9.17) is 44.3 Å². The second-order valence-electron chi connectivity index (χ2n) is 30.3. The Kier molecular flexibility index (Phi) is 32.6. The van der Waals surface area contributed by atoms with E-state index in [0.29, 0.717) is 58.5 Å². The number of likely N-dealkylation sites (tertiary alicyclic amines) is 4. The van der Waals surface area contributed by atoms with Crippen LogP contribution in [-0.2, 0) is 53.1 Å². The molecule has 0 aliphatic carbocycles. The van der Waals surface area contributed by atoms with Gasteiger partial charge in [-0.1, -0.05) is 99.9 Å². The SMILES string of the molecule is C.C.C.CC(C)(C)OC(=O)N[C@H](Cc1ccc(Cl)cc1)C(=O)N1CCC(CO)(N2CCCCC2)CC1.CC(C)(C)OC(=O)N[C@H](Cc1ccc(Cl)cc1)C(=O)N1CCC2(CC1)C[N+]21CCCCC1.CS(=O)(=O)N[C@H](Cc1ccc(Cl)cc1)C(=O)N1CCC2(CC1)C[N+]21CCCCC1.[Cl-].[Cl-]. The summed E-state index contributed by atoms with van der Waals surface area (Å²) >= 11 is 18.0. The summed E-state index contributed by atoms with van der Waals surface area (Å²) in [6.45, 7) is 24.8. The van der Waals surface area contributed by atoms with Crippen molar-refractivity contribution >= 4 is 74.7 Å². The van der Waals surface area contributed by atoms with Gasteiger partial charge in [0.25, 0.3) is 0 Å². The predicted octanol–water partition coefficient (Wildman–Crippen LogP) is 5.86. The van der Waals surface area contributed by atoms with Gasteiger partial charge in [0.05, 0.1) is 39.0 Å². The molecule has 8 fully saturated rings. The van der Waals surface area contributed by atoms with Gasteiger partial charge in [-0.3, -0.25) is 19.3 Å². The Morgan fingerprint density at radius 2 is 0.778 bits per heavy atom. The lowest BCUT2D eigenvalue weighted by Crippen LogP contribution is -3.00. The maximum atomic E-state index is 13.5. The lowest BCUT2D eigenvalue weighted by Gasteiger charge is -2.49. The molecular weight excluding hydrogens is 1380 g/mol. The molecule has 8 aliphatic heterocycles. The molecule has 19 nitrogen and oxygen atoms in total. The maximum absolute atomic E-state index is 13.5. The van der Waals surface area contributed by atoms with E-state index < -0.39 is 51.5 Å². The number of piperidine rings is 6. The fourth-order valence-corrected chi connectivity index (χ4v) is 17.2. The number of carbonyl (C=O) groups is 5. The number of fused-ring (bicyclic) bond motifs is 2. The molecular formula is C74H118Cl5N9O10S. The van der Waals surface area contributed by atoms with E-state index >= 15 is 0 Å². The molecule has 8 heterocycles. The number of halogens is 5. The Morgan fingerprint density at radius 1 is 0.485 bits per heavy atom. The van der Waals surface area contributed by atoms with E-state index in [9.17, 15) is 37.5 Å². The summed E-state index contributed by atoms with van der Waals surface area (Å²) in [6.07, 6.45) is 18.3. The van der Waals surface area contributed by atoms with Crippen LogP contribution in [-0.4, -0.2) is 222 Å². The molecule has 3 atom stereocenters. The molecule has 0 aromatic heterocycles. The maximum Gasteiger partial charge on any atom is 0.408 e. The van der Waals surface area contributed by atoms with Gasteiger partial charge in [0.2, 0.25) is 27.7 Å². The number of benzene rings is 3. The van der Waals surface area contributed by atoms with Crippen LogP contribution in [0.15, 0.2) is 72.8 Å². The highest BCUT2D eigenvalue weighted by molar-refractivity contribution is 7.88. The van der Waals surface area contributed by atoms with E-state index in [-0.39, 0.29) is 77.0 Å². The topological polar surface area (TPSA) is 207 Å². The number of amides is 5. The first-order valence-electron chi connectivity index (χ1n) is 34.6. The molecule has 25 heteroatoms. The molecule has 8 saturated heterocycles. The number of hydrogen-bond acceptors (Lipinski definition) is 11. The molecule has 560 valence electrons. The van der Waals surface area contributed by atoms with Gasteiger partial charge in [0, 0.05) is 98.4 Å². The largest absolute Gasteiger partial charge is 1.00 e. The molecule has 4 N–H and O–H groups in total. The Hall–Kier alpha value is -4.19. The molecule has 0 unspecified atom stereocenters. The summed E-state index contributed by atoms with van der Waals surface area (Å²) in [5, 5.41) is 17.8. The first-order chi connectivity index (χ1) is 44.5. The fourth-order valence-electron chi connectivity index (χ4n) is 16.2. The highest BCUT2D eigenvalue weighted by atomic mass is 35.5. The van der Waals surface area contributed by atoms with Crippen LogP contribution in [0, 0.1) is 0 Å². The summed E-state index contributed by atoms with van der Waals surface area (Å²) in [7, 11) is -3.49. The van der Waals surface area contributed by atoms with E-state index in [1.165, 1.54) is 93.2 Å². The van der Waals surface area contributed by atoms with Crippen molar-refractivity contribution in [3.63, 3.8) is 0 Å². The van der Waals surface area contributed by atoms with Crippen molar-refractivity contribution in [1.29, 1.82) is 0 Å². The lowest BCUT2D eigenvalue weighted by molar-refractivity contribution is -0.836. The summed E-state index contributed by atoms with van der Waals surface area (Å²) in [6, 6.07) is 19.7. The molecule has 3 aromatic rings. The third kappa shape index (κ3) is 23.4. The summed E-state index contributed by atoms with van der Waals surface area (Å²) in [4.78, 5) is 73.2. The van der Waals surface area contributed by atoms with E-state index in [1.807, 2.05) is 84.0 Å². The zero-order valence-electron chi connectivity index (χ0n) is 57.6. The van der Waals surface area contributed by atoms with Crippen LogP contribution in [0.25, 0.3) is 0 Å². The van der Waals surface area contributed by atoms with Crippen LogP contribution < -0.4 is 40.2 Å². The number of sulfonamides is 1. The zero-order chi connectivity index (χ0) is 67.7. The van der Waals surface area contributed by atoms with Crippen LogP contribution in [0.2, 0.25) is 15.1 Å². The second-order valence-corrected chi connectivity index (χ2v) is 33.4. The van der Waals surface area contributed by atoms with Crippen molar-refractivity contribution in [2.75, 3.05) is 104 Å². The molecule has 0 bridgehead atoms. The number of carbonyl (C=O) groups excluding carboxylic acids is 5. The predicted molar refractivity (Wildman–Crippen MR) is 389 cm³/mol. The molecule has 5 amide bonds. The average molecular weight is 1500 g/mol. The highest BCUT2D eigenvalue weighted by Crippen LogP contribution is 2.53. The smallest absolute Gasteiger partial charge is 0.408 e. The third-order valence-corrected chi connectivity index (χ3v) is 22.8. The Bertz CT molecular complexity index is 3170. The number of aliphatic hydroxyl groups excluding tert-OH is 1. The van der Waals surface area contributed by atoms with Gasteiger partial charge in [-0.05, 0) is 178 Å². The van der Waals surface area contributed by atoms with Gasteiger partial charge in [-0.15, -0.1) is 0 Å². The van der Waals surface area contributed by atoms with Gasteiger partial charge in [-0.25, -0.2) is 22.7 Å². The van der Waals surface area contributed by atoms with Crippen molar-refractivity contribution in [1.82, 2.24) is 35.0 Å². The third-order valence-electron chi connectivity index (χ3n) is 21.4. The number of ether oxygens (including phenoxy) is 2. The number of nitrogens with one attached hydrogen (secondary N) is 3. The lowest BCUT2D eigenvalue weighted by atomic mass is 9.84. The van der Waals surface area contributed by atoms with Crippen LogP contribution in [0.5, 0.6) is 0 Å². The number of aliphatic hydroxyl groups is 1. The highest BCUT2D eigenvalue weighted by Gasteiger charge is 2.70. The van der Waals surface area contributed by atoms with Crippen molar-refractivity contribution < 1.29 is 80.8 Å². The molecule has 0 radical (unpaired) electrons. The number of rotatable bonds is 15. The monoisotopic (exact) mass is 1500 g/mol. The van der Waals surface area contributed by atoms with Crippen LogP contribution in [0.3, 0.4) is 0 Å². The van der Waals surface area contributed by atoms with Gasteiger partial charge in [0.15, 0.2) is 11.1 Å². The van der Waals surface area contributed by atoms with Crippen molar-refractivity contribution in [3.05, 3.63) is 105 Å². The minimum atomic E-state index is -3.49. The normalized spacial score (nSPS) is 21.0. The minimum Gasteiger partial charge on any atom is -1.00 e. The van der Waals surface area contributed by atoms with E-state index in [1.54, 1.807) is 45.0 Å². The Morgan fingerprint density at radius 3 is 1.08 bits per heavy atom. The first kappa shape index (κ1) is 87.2. The summed E-state index contributed by atoms with van der Waals surface area (Å²) < 4.78 is 39.7.